The van der Waals surface area contributed by atoms with E-state index in [1.165, 1.54) is 0 Å². The van der Waals surface area contributed by atoms with Crippen LogP contribution in [0, 0.1) is 19.8 Å². The largest absolute Gasteiger partial charge is 0.356 e. The van der Waals surface area contributed by atoms with Crippen LogP contribution in [0.3, 0.4) is 0 Å². The summed E-state index contributed by atoms with van der Waals surface area (Å²) in [7, 11) is 0. The van der Waals surface area contributed by atoms with Crippen LogP contribution < -0.4 is 16.0 Å². The number of aromatic nitrogens is 3. The highest BCUT2D eigenvalue weighted by molar-refractivity contribution is 5.79. The summed E-state index contributed by atoms with van der Waals surface area (Å²) in [5, 5.41) is 17.9. The first-order chi connectivity index (χ1) is 15.8. The van der Waals surface area contributed by atoms with Crippen molar-refractivity contribution in [3.05, 3.63) is 59.0 Å². The fourth-order valence-electron chi connectivity index (χ4n) is 4.02. The Morgan fingerprint density at radius 3 is 2.70 bits per heavy atom. The quantitative estimate of drug-likeness (QED) is 0.510. The predicted octanol–water partition coefficient (Wildman–Crippen LogP) is 2.60. The Balaban J connectivity index is 1.33. The summed E-state index contributed by atoms with van der Waals surface area (Å²) >= 11 is 0. The first-order valence-electron chi connectivity index (χ1n) is 11.2. The van der Waals surface area contributed by atoms with Gasteiger partial charge in [0.1, 0.15) is 5.69 Å². The molecule has 2 aromatic heterocycles. The zero-order chi connectivity index (χ0) is 23.5. The summed E-state index contributed by atoms with van der Waals surface area (Å²) in [6.07, 6.45) is 0.495. The van der Waals surface area contributed by atoms with Crippen molar-refractivity contribution in [1.82, 2.24) is 30.9 Å². The lowest BCUT2D eigenvalue weighted by molar-refractivity contribution is -0.130. The van der Waals surface area contributed by atoms with Gasteiger partial charge in [0.25, 0.3) is 0 Å². The van der Waals surface area contributed by atoms with E-state index in [0.717, 1.165) is 22.5 Å². The summed E-state index contributed by atoms with van der Waals surface area (Å²) in [5.74, 6) is 0.501. The van der Waals surface area contributed by atoms with Crippen molar-refractivity contribution < 1.29 is 14.1 Å². The number of hydrogen-bond acceptors (Lipinski definition) is 6. The summed E-state index contributed by atoms with van der Waals surface area (Å²) in [6.45, 7) is 8.08. The molecule has 4 rings (SSSR count). The van der Waals surface area contributed by atoms with Gasteiger partial charge < -0.3 is 15.2 Å². The van der Waals surface area contributed by atoms with Gasteiger partial charge in [-0.2, -0.15) is 5.10 Å². The second kappa shape index (κ2) is 9.58. The highest BCUT2D eigenvalue weighted by Gasteiger charge is 2.32. The molecule has 1 saturated heterocycles. The van der Waals surface area contributed by atoms with Crippen molar-refractivity contribution in [3.8, 4) is 11.3 Å². The maximum absolute atomic E-state index is 12.5. The molecule has 0 radical (unpaired) electrons. The Hall–Kier alpha value is -3.46. The van der Waals surface area contributed by atoms with Gasteiger partial charge >= 0.3 is 0 Å². The number of carbonyl (C=O) groups excluding carboxylic acids is 2. The number of amides is 2. The molecule has 3 atom stereocenters. The van der Waals surface area contributed by atoms with Crippen LogP contribution in [0.4, 0.5) is 0 Å². The highest BCUT2D eigenvalue weighted by atomic mass is 16.5. The van der Waals surface area contributed by atoms with E-state index in [1.807, 2.05) is 64.1 Å². The molecule has 1 aliphatic heterocycles. The molecule has 1 aliphatic rings. The highest BCUT2D eigenvalue weighted by Crippen LogP contribution is 2.21. The Kier molecular flexibility index (Phi) is 6.60. The van der Waals surface area contributed by atoms with Crippen molar-refractivity contribution in [3.63, 3.8) is 0 Å². The molecule has 33 heavy (non-hydrogen) atoms. The molecular weight excluding hydrogens is 420 g/mol. The molecule has 3 unspecified atom stereocenters. The van der Waals surface area contributed by atoms with Crippen molar-refractivity contribution in [2.75, 3.05) is 0 Å². The van der Waals surface area contributed by atoms with Crippen LogP contribution in [0.2, 0.25) is 0 Å². The topological polar surface area (TPSA) is 114 Å². The first kappa shape index (κ1) is 22.7. The third-order valence-electron chi connectivity index (χ3n) is 6.27. The second-order valence-electron chi connectivity index (χ2n) is 8.57. The lowest BCUT2D eigenvalue weighted by atomic mass is 10.0. The number of aryl methyl sites for hydroxylation is 1. The van der Waals surface area contributed by atoms with Gasteiger partial charge in [-0.1, -0.05) is 42.4 Å². The van der Waals surface area contributed by atoms with Crippen molar-refractivity contribution in [2.45, 2.75) is 59.4 Å². The van der Waals surface area contributed by atoms with Gasteiger partial charge in [0.05, 0.1) is 18.2 Å². The van der Waals surface area contributed by atoms with Crippen LogP contribution in [0.25, 0.3) is 11.3 Å². The lowest BCUT2D eigenvalue weighted by Gasteiger charge is -2.34. The maximum Gasteiger partial charge on any atom is 0.227 e. The van der Waals surface area contributed by atoms with Gasteiger partial charge in [-0.15, -0.1) is 0 Å². The third-order valence-corrected chi connectivity index (χ3v) is 6.27. The van der Waals surface area contributed by atoms with Gasteiger partial charge in [0.15, 0.2) is 12.0 Å². The Morgan fingerprint density at radius 1 is 1.21 bits per heavy atom. The molecule has 1 aromatic carbocycles. The van der Waals surface area contributed by atoms with Crippen molar-refractivity contribution in [2.24, 2.45) is 5.92 Å². The zero-order valence-corrected chi connectivity index (χ0v) is 19.4. The second-order valence-corrected chi connectivity index (χ2v) is 8.57. The number of nitrogens with zero attached hydrogens (tertiary/aromatic N) is 3. The van der Waals surface area contributed by atoms with Gasteiger partial charge in [-0.25, -0.2) is 4.68 Å². The number of carbonyl (C=O) groups is 2. The minimum atomic E-state index is -0.393. The number of benzene rings is 1. The normalized spacial score (nSPS) is 20.5. The fraction of sp³-hybridized carbons (Fsp3) is 0.417. The van der Waals surface area contributed by atoms with E-state index in [4.69, 9.17) is 4.52 Å². The summed E-state index contributed by atoms with van der Waals surface area (Å²) < 4.78 is 7.17. The predicted molar refractivity (Wildman–Crippen MR) is 123 cm³/mol. The van der Waals surface area contributed by atoms with E-state index in [0.29, 0.717) is 30.8 Å². The molecular formula is C24H30N6O3. The molecule has 174 valence electrons. The van der Waals surface area contributed by atoms with Gasteiger partial charge in [-0.3, -0.25) is 14.9 Å². The van der Waals surface area contributed by atoms with Crippen LogP contribution in [0.1, 0.15) is 49.2 Å². The molecule has 0 spiro atoms. The van der Waals surface area contributed by atoms with Crippen LogP contribution in [-0.2, 0) is 22.6 Å². The molecule has 0 saturated carbocycles. The standard InChI is InChI=1S/C24H30N6O3/c1-14-15(2)26-24(27-23(14)32)30-17(4)20(16(3)28-30)10-11-22(31)25-13-19-12-21(33-29-19)18-8-6-5-7-9-18/h5-9,12,14-15,24,26H,10-11,13H2,1-4H3,(H,25,31)(H,27,32). The smallest absolute Gasteiger partial charge is 0.227 e. The molecule has 2 amide bonds. The van der Waals surface area contributed by atoms with Gasteiger partial charge in [0, 0.05) is 29.8 Å². The lowest BCUT2D eigenvalue weighted by Crippen LogP contribution is -2.57. The fourth-order valence-corrected chi connectivity index (χ4v) is 4.02. The zero-order valence-electron chi connectivity index (χ0n) is 19.4. The molecule has 3 N–H and O–H groups in total. The number of rotatable bonds is 7. The average molecular weight is 451 g/mol. The molecule has 0 bridgehead atoms. The van der Waals surface area contributed by atoms with E-state index >= 15 is 0 Å². The van der Waals surface area contributed by atoms with E-state index in [2.05, 4.69) is 26.2 Å². The maximum atomic E-state index is 12.5. The monoisotopic (exact) mass is 450 g/mol. The van der Waals surface area contributed by atoms with Gasteiger partial charge in [-0.05, 0) is 32.8 Å². The Bertz CT molecular complexity index is 1140. The summed E-state index contributed by atoms with van der Waals surface area (Å²) in [4.78, 5) is 24.7. The molecule has 3 heterocycles. The number of hydrogen-bond donors (Lipinski definition) is 3. The minimum Gasteiger partial charge on any atom is -0.356 e. The molecule has 3 aromatic rings. The van der Waals surface area contributed by atoms with E-state index in [1.54, 1.807) is 4.68 Å². The molecule has 0 aliphatic carbocycles. The average Bonchev–Trinajstić information content (AvgIpc) is 3.39. The van der Waals surface area contributed by atoms with E-state index in [-0.39, 0.29) is 23.8 Å². The summed E-state index contributed by atoms with van der Waals surface area (Å²) in [5.41, 5.74) is 4.42. The van der Waals surface area contributed by atoms with Gasteiger partial charge in [0.2, 0.25) is 11.8 Å². The van der Waals surface area contributed by atoms with Crippen LogP contribution >= 0.6 is 0 Å². The minimum absolute atomic E-state index is 0.00279. The third kappa shape index (κ3) is 4.98. The Morgan fingerprint density at radius 2 is 1.97 bits per heavy atom. The van der Waals surface area contributed by atoms with E-state index < -0.39 is 6.29 Å². The van der Waals surface area contributed by atoms with Crippen molar-refractivity contribution in [1.29, 1.82) is 0 Å². The SMILES string of the molecule is Cc1nn(C2NC(=O)C(C)C(C)N2)c(C)c1CCC(=O)NCc1cc(-c2ccccc2)on1. The molecule has 9 heteroatoms. The van der Waals surface area contributed by atoms with Crippen LogP contribution in [-0.4, -0.2) is 32.8 Å². The van der Waals surface area contributed by atoms with Crippen LogP contribution in [0.15, 0.2) is 40.9 Å². The number of nitrogens with one attached hydrogen (secondary N) is 3. The molecule has 1 fully saturated rings. The van der Waals surface area contributed by atoms with Crippen LogP contribution in [0.5, 0.6) is 0 Å². The van der Waals surface area contributed by atoms with E-state index in [9.17, 15) is 9.59 Å². The summed E-state index contributed by atoms with van der Waals surface area (Å²) in [6, 6.07) is 11.6. The molecule has 9 nitrogen and oxygen atoms in total. The Labute approximate surface area is 192 Å². The van der Waals surface area contributed by atoms with Crippen molar-refractivity contribution >= 4 is 11.8 Å². The first-order valence-corrected chi connectivity index (χ1v) is 11.2.